The minimum atomic E-state index is -3.30. The van der Waals surface area contributed by atoms with Crippen LogP contribution in [0.3, 0.4) is 0 Å². The molecule has 0 aromatic heterocycles. The van der Waals surface area contributed by atoms with E-state index in [-0.39, 0.29) is 29.1 Å². The summed E-state index contributed by atoms with van der Waals surface area (Å²) in [4.78, 5) is 41.1. The Kier molecular flexibility index (Phi) is 4.95. The largest absolute Gasteiger partial charge is 0.493 e. The van der Waals surface area contributed by atoms with Gasteiger partial charge in [-0.2, -0.15) is 0 Å². The molecule has 140 valence electrons. The Bertz CT molecular complexity index is 977. The molecule has 9 heteroatoms. The van der Waals surface area contributed by atoms with Crippen molar-refractivity contribution in [2.75, 3.05) is 12.9 Å². The number of rotatable bonds is 6. The van der Waals surface area contributed by atoms with Gasteiger partial charge in [0.25, 0.3) is 11.8 Å². The highest BCUT2D eigenvalue weighted by Gasteiger charge is 2.38. The molecule has 1 heterocycles. The summed E-state index contributed by atoms with van der Waals surface area (Å²) in [5.74, 6) is -1.82. The number of fused-ring (bicyclic) bond motifs is 1. The molecule has 0 spiro atoms. The predicted octanol–water partition coefficient (Wildman–Crippen LogP) is 1.61. The molecule has 2 aromatic carbocycles. The lowest BCUT2D eigenvalue weighted by Crippen LogP contribution is -2.33. The number of amides is 2. The third-order valence-corrected chi connectivity index (χ3v) is 4.91. The third kappa shape index (κ3) is 3.98. The molecule has 8 nitrogen and oxygen atoms in total. The Balaban J connectivity index is 1.52. The van der Waals surface area contributed by atoms with Crippen molar-refractivity contribution in [1.82, 2.24) is 5.06 Å². The minimum Gasteiger partial charge on any atom is -0.493 e. The predicted molar refractivity (Wildman–Crippen MR) is 92.7 cm³/mol. The molecular weight excluding hydrogens is 374 g/mol. The van der Waals surface area contributed by atoms with E-state index in [1.807, 2.05) is 0 Å². The van der Waals surface area contributed by atoms with E-state index >= 15 is 0 Å². The Hall–Kier alpha value is -3.20. The lowest BCUT2D eigenvalue weighted by atomic mass is 10.1. The Morgan fingerprint density at radius 3 is 2.04 bits per heavy atom. The molecule has 2 aromatic rings. The number of carbonyl (C=O) groups is 3. The fourth-order valence-electron chi connectivity index (χ4n) is 2.43. The number of hydrogen-bond donors (Lipinski definition) is 0. The first-order valence-electron chi connectivity index (χ1n) is 7.89. The lowest BCUT2D eigenvalue weighted by molar-refractivity contribution is -0.169. The summed E-state index contributed by atoms with van der Waals surface area (Å²) in [6, 6.07) is 11.9. The number of imide groups is 1. The summed E-state index contributed by atoms with van der Waals surface area (Å²) in [5, 5.41) is 0.438. The molecule has 0 unspecified atom stereocenters. The van der Waals surface area contributed by atoms with Crippen LogP contribution in [0.5, 0.6) is 5.75 Å². The first-order valence-corrected chi connectivity index (χ1v) is 9.78. The van der Waals surface area contributed by atoms with Crippen LogP contribution in [-0.2, 0) is 19.5 Å². The smallest absolute Gasteiger partial charge is 0.336 e. The third-order valence-electron chi connectivity index (χ3n) is 3.78. The van der Waals surface area contributed by atoms with E-state index in [0.717, 1.165) is 6.26 Å². The van der Waals surface area contributed by atoms with Gasteiger partial charge in [0.05, 0.1) is 29.1 Å². The first kappa shape index (κ1) is 18.6. The molecule has 3 rings (SSSR count). The highest BCUT2D eigenvalue weighted by molar-refractivity contribution is 7.90. The number of ether oxygens (including phenoxy) is 1. The van der Waals surface area contributed by atoms with Gasteiger partial charge in [0, 0.05) is 6.26 Å². The van der Waals surface area contributed by atoms with Crippen molar-refractivity contribution in [3.8, 4) is 5.75 Å². The molecule has 0 N–H and O–H groups in total. The fraction of sp³-hybridized carbons (Fsp3) is 0.167. The van der Waals surface area contributed by atoms with Gasteiger partial charge in [-0.1, -0.05) is 17.2 Å². The van der Waals surface area contributed by atoms with E-state index in [0.29, 0.717) is 10.8 Å². The monoisotopic (exact) mass is 389 g/mol. The second-order valence-electron chi connectivity index (χ2n) is 5.76. The maximum Gasteiger partial charge on any atom is 0.336 e. The first-order chi connectivity index (χ1) is 12.8. The molecule has 0 aliphatic carbocycles. The highest BCUT2D eigenvalue weighted by Crippen LogP contribution is 2.23. The van der Waals surface area contributed by atoms with Crippen LogP contribution in [0.25, 0.3) is 0 Å². The lowest BCUT2D eigenvalue weighted by Gasteiger charge is -2.13. The van der Waals surface area contributed by atoms with E-state index in [1.165, 1.54) is 36.4 Å². The maximum atomic E-state index is 12.1. The van der Waals surface area contributed by atoms with Crippen molar-refractivity contribution in [2.24, 2.45) is 0 Å². The van der Waals surface area contributed by atoms with Gasteiger partial charge >= 0.3 is 5.97 Å². The summed E-state index contributed by atoms with van der Waals surface area (Å²) in [5.41, 5.74) is 0.357. The average Bonchev–Trinajstić information content (AvgIpc) is 2.87. The summed E-state index contributed by atoms with van der Waals surface area (Å²) in [6.07, 6.45) is 0.888. The Labute approximate surface area is 155 Å². The maximum absolute atomic E-state index is 12.1. The van der Waals surface area contributed by atoms with Crippen LogP contribution in [0.1, 0.15) is 27.1 Å². The molecule has 0 bridgehead atoms. The fourth-order valence-corrected chi connectivity index (χ4v) is 3.06. The summed E-state index contributed by atoms with van der Waals surface area (Å²) < 4.78 is 28.1. The van der Waals surface area contributed by atoms with Crippen LogP contribution >= 0.6 is 0 Å². The normalized spacial score (nSPS) is 13.4. The van der Waals surface area contributed by atoms with E-state index in [4.69, 9.17) is 9.57 Å². The number of hydroxylamine groups is 2. The highest BCUT2D eigenvalue weighted by atomic mass is 32.2. The SMILES string of the molecule is CS(=O)(=O)c1ccc(OCCC(=O)ON2C(=O)c3ccccc3C2=O)cc1. The number of sulfone groups is 1. The Morgan fingerprint density at radius 1 is 0.963 bits per heavy atom. The van der Waals surface area contributed by atoms with E-state index in [9.17, 15) is 22.8 Å². The summed E-state index contributed by atoms with van der Waals surface area (Å²) >= 11 is 0. The van der Waals surface area contributed by atoms with Crippen molar-refractivity contribution >= 4 is 27.6 Å². The van der Waals surface area contributed by atoms with Crippen LogP contribution in [0.4, 0.5) is 0 Å². The summed E-state index contributed by atoms with van der Waals surface area (Å²) in [6.45, 7) is -0.0692. The second kappa shape index (κ2) is 7.20. The molecular formula is C18H15NO7S. The minimum absolute atomic E-state index is 0.0692. The van der Waals surface area contributed by atoms with Gasteiger partial charge < -0.3 is 9.57 Å². The van der Waals surface area contributed by atoms with E-state index in [1.54, 1.807) is 12.1 Å². The van der Waals surface area contributed by atoms with Gasteiger partial charge in [0.1, 0.15) is 5.75 Å². The number of nitrogens with zero attached hydrogens (tertiary/aromatic N) is 1. The molecule has 1 aliphatic rings. The molecule has 1 aliphatic heterocycles. The van der Waals surface area contributed by atoms with Crippen LogP contribution in [0, 0.1) is 0 Å². The van der Waals surface area contributed by atoms with Crippen LogP contribution in [0.15, 0.2) is 53.4 Å². The zero-order chi connectivity index (χ0) is 19.6. The van der Waals surface area contributed by atoms with Crippen LogP contribution in [-0.4, -0.2) is 44.1 Å². The number of benzene rings is 2. The number of hydrogen-bond acceptors (Lipinski definition) is 7. The van der Waals surface area contributed by atoms with Crippen molar-refractivity contribution in [3.63, 3.8) is 0 Å². The Morgan fingerprint density at radius 2 is 1.52 bits per heavy atom. The van der Waals surface area contributed by atoms with E-state index in [2.05, 4.69) is 0 Å². The zero-order valence-electron chi connectivity index (χ0n) is 14.2. The van der Waals surface area contributed by atoms with Gasteiger partial charge in [0.15, 0.2) is 9.84 Å². The molecule has 0 fully saturated rings. The van der Waals surface area contributed by atoms with Gasteiger partial charge in [-0.15, -0.1) is 0 Å². The van der Waals surface area contributed by atoms with Crippen molar-refractivity contribution in [2.45, 2.75) is 11.3 Å². The van der Waals surface area contributed by atoms with E-state index < -0.39 is 27.6 Å². The number of carbonyl (C=O) groups excluding carboxylic acids is 3. The van der Waals surface area contributed by atoms with Crippen molar-refractivity contribution < 1.29 is 32.4 Å². The van der Waals surface area contributed by atoms with Gasteiger partial charge in [-0.25, -0.2) is 13.2 Å². The van der Waals surface area contributed by atoms with Gasteiger partial charge in [0.2, 0.25) is 0 Å². The zero-order valence-corrected chi connectivity index (χ0v) is 15.1. The standard InChI is InChI=1S/C18H15NO7S/c1-27(23,24)13-8-6-12(7-9-13)25-11-10-16(20)26-19-17(21)14-4-2-3-5-15(14)18(19)22/h2-9H,10-11H2,1H3. The van der Waals surface area contributed by atoms with Crippen molar-refractivity contribution in [1.29, 1.82) is 0 Å². The van der Waals surface area contributed by atoms with Crippen molar-refractivity contribution in [3.05, 3.63) is 59.7 Å². The average molecular weight is 389 g/mol. The molecule has 0 saturated carbocycles. The van der Waals surface area contributed by atoms with Gasteiger partial charge in [-0.05, 0) is 36.4 Å². The summed E-state index contributed by atoms with van der Waals surface area (Å²) in [7, 11) is -3.30. The molecule has 0 atom stereocenters. The quantitative estimate of drug-likeness (QED) is 0.691. The van der Waals surface area contributed by atoms with Crippen LogP contribution < -0.4 is 4.74 Å². The molecule has 2 amide bonds. The second-order valence-corrected chi connectivity index (χ2v) is 7.77. The molecule has 27 heavy (non-hydrogen) atoms. The van der Waals surface area contributed by atoms with Crippen LogP contribution in [0.2, 0.25) is 0 Å². The molecule has 0 radical (unpaired) electrons. The van der Waals surface area contributed by atoms with Gasteiger partial charge in [-0.3, -0.25) is 9.59 Å². The molecule has 0 saturated heterocycles. The topological polar surface area (TPSA) is 107 Å².